The van der Waals surface area contributed by atoms with E-state index in [1.54, 1.807) is 6.92 Å². The van der Waals surface area contributed by atoms with Crippen molar-refractivity contribution in [2.45, 2.75) is 11.8 Å². The minimum Gasteiger partial charge on any atom is -0.465 e. The van der Waals surface area contributed by atoms with Crippen molar-refractivity contribution in [1.82, 2.24) is 0 Å². The number of anilines is 1. The summed E-state index contributed by atoms with van der Waals surface area (Å²) in [6.07, 6.45) is 0. The molecule has 0 radical (unpaired) electrons. The van der Waals surface area contributed by atoms with Crippen LogP contribution in [0.5, 0.6) is 0 Å². The lowest BCUT2D eigenvalue weighted by Crippen LogP contribution is -2.17. The van der Waals surface area contributed by atoms with E-state index < -0.39 is 32.5 Å². The second-order valence-electron chi connectivity index (χ2n) is 4.84. The topological polar surface area (TPSA) is 72.5 Å². The Labute approximate surface area is 145 Å². The summed E-state index contributed by atoms with van der Waals surface area (Å²) in [6, 6.07) is 5.50. The summed E-state index contributed by atoms with van der Waals surface area (Å²) < 4.78 is 59.1. The summed E-state index contributed by atoms with van der Waals surface area (Å²) in [7, 11) is -3.35. The Bertz CT molecular complexity index is 916. The third kappa shape index (κ3) is 3.73. The molecule has 2 rings (SSSR count). The molecule has 128 valence electrons. The largest absolute Gasteiger partial charge is 0.465 e. The molecule has 1 N–H and O–H groups in total. The highest BCUT2D eigenvalue weighted by molar-refractivity contribution is 9.10. The molecule has 9 heteroatoms. The molecule has 0 aliphatic heterocycles. The molecule has 0 unspecified atom stereocenters. The van der Waals surface area contributed by atoms with Crippen LogP contribution in [0.4, 0.5) is 14.5 Å². The van der Waals surface area contributed by atoms with Crippen LogP contribution in [0.1, 0.15) is 15.9 Å². The highest BCUT2D eigenvalue weighted by Gasteiger charge is 2.24. The van der Waals surface area contributed by atoms with E-state index in [2.05, 4.69) is 20.7 Å². The van der Waals surface area contributed by atoms with Gasteiger partial charge in [0.1, 0.15) is 16.5 Å². The predicted octanol–water partition coefficient (Wildman–Crippen LogP) is 3.62. The number of carbonyl (C=O) groups excluding carboxylic acids is 1. The van der Waals surface area contributed by atoms with Crippen LogP contribution in [0.15, 0.2) is 39.7 Å². The molecule has 2 aromatic carbocycles. The molecule has 0 aromatic heterocycles. The average Bonchev–Trinajstić information content (AvgIpc) is 2.49. The smallest absolute Gasteiger partial charge is 0.339 e. The van der Waals surface area contributed by atoms with Gasteiger partial charge >= 0.3 is 5.97 Å². The van der Waals surface area contributed by atoms with Gasteiger partial charge in [-0.15, -0.1) is 0 Å². The van der Waals surface area contributed by atoms with Crippen LogP contribution in [0.3, 0.4) is 0 Å². The molecular formula is C15H12BrF2NO4S. The van der Waals surface area contributed by atoms with E-state index in [0.29, 0.717) is 5.56 Å². The average molecular weight is 420 g/mol. The van der Waals surface area contributed by atoms with Crippen molar-refractivity contribution in [2.75, 3.05) is 11.8 Å². The first-order valence-electron chi connectivity index (χ1n) is 6.52. The van der Waals surface area contributed by atoms with Gasteiger partial charge in [0.25, 0.3) is 10.0 Å². The molecule has 2 aromatic rings. The van der Waals surface area contributed by atoms with Gasteiger partial charge in [-0.2, -0.15) is 0 Å². The lowest BCUT2D eigenvalue weighted by atomic mass is 10.2. The number of ether oxygens (including phenoxy) is 1. The maximum Gasteiger partial charge on any atom is 0.339 e. The van der Waals surface area contributed by atoms with Gasteiger partial charge in [0.2, 0.25) is 0 Å². The highest BCUT2D eigenvalue weighted by Crippen LogP contribution is 2.27. The van der Waals surface area contributed by atoms with E-state index in [9.17, 15) is 22.0 Å². The first-order valence-corrected chi connectivity index (χ1v) is 8.79. The van der Waals surface area contributed by atoms with Gasteiger partial charge in [-0.3, -0.25) is 4.72 Å². The zero-order valence-corrected chi connectivity index (χ0v) is 15.0. The van der Waals surface area contributed by atoms with Crippen molar-refractivity contribution in [1.29, 1.82) is 0 Å². The molecule has 0 amide bonds. The highest BCUT2D eigenvalue weighted by atomic mass is 79.9. The Morgan fingerprint density at radius 3 is 2.42 bits per heavy atom. The lowest BCUT2D eigenvalue weighted by Gasteiger charge is -2.12. The SMILES string of the molecule is COC(=O)c1cc(S(=O)(=O)Nc2ccc(C)cc2F)c(F)cc1Br. The van der Waals surface area contributed by atoms with Crippen molar-refractivity contribution in [3.63, 3.8) is 0 Å². The summed E-state index contributed by atoms with van der Waals surface area (Å²) in [6.45, 7) is 1.64. The first-order chi connectivity index (χ1) is 11.2. The van der Waals surface area contributed by atoms with Crippen molar-refractivity contribution >= 4 is 37.6 Å². The number of carbonyl (C=O) groups is 1. The Hall–Kier alpha value is -2.00. The molecule has 0 saturated carbocycles. The monoisotopic (exact) mass is 419 g/mol. The molecule has 0 spiro atoms. The number of hydrogen-bond donors (Lipinski definition) is 1. The molecule has 0 heterocycles. The zero-order chi connectivity index (χ0) is 18.1. The third-order valence-electron chi connectivity index (χ3n) is 3.09. The van der Waals surface area contributed by atoms with Crippen LogP contribution < -0.4 is 4.72 Å². The number of halogens is 3. The summed E-state index contributed by atoms with van der Waals surface area (Å²) >= 11 is 2.96. The molecule has 0 aliphatic rings. The van der Waals surface area contributed by atoms with E-state index in [1.165, 1.54) is 12.1 Å². The van der Waals surface area contributed by atoms with E-state index in [1.807, 2.05) is 4.72 Å². The number of rotatable bonds is 4. The van der Waals surface area contributed by atoms with Gasteiger partial charge in [0, 0.05) is 4.47 Å². The number of sulfonamides is 1. The molecule has 0 saturated heterocycles. The summed E-state index contributed by atoms with van der Waals surface area (Å²) in [5.41, 5.74) is 0.0874. The number of nitrogens with one attached hydrogen (secondary N) is 1. The fraction of sp³-hybridized carbons (Fsp3) is 0.133. The van der Waals surface area contributed by atoms with Crippen molar-refractivity contribution in [2.24, 2.45) is 0 Å². The van der Waals surface area contributed by atoms with Crippen LogP contribution in [-0.4, -0.2) is 21.5 Å². The minimum absolute atomic E-state index is 0.0346. The number of benzene rings is 2. The molecule has 0 fully saturated rings. The van der Waals surface area contributed by atoms with Crippen LogP contribution in [0.2, 0.25) is 0 Å². The number of aryl methyl sites for hydroxylation is 1. The Morgan fingerprint density at radius 1 is 1.17 bits per heavy atom. The van der Waals surface area contributed by atoms with E-state index in [0.717, 1.165) is 25.3 Å². The summed E-state index contributed by atoms with van der Waals surface area (Å²) in [4.78, 5) is 10.8. The van der Waals surface area contributed by atoms with E-state index in [-0.39, 0.29) is 15.7 Å². The number of hydrogen-bond acceptors (Lipinski definition) is 4. The van der Waals surface area contributed by atoms with Crippen molar-refractivity contribution in [3.8, 4) is 0 Å². The molecule has 0 aliphatic carbocycles. The quantitative estimate of drug-likeness (QED) is 0.768. The van der Waals surface area contributed by atoms with Crippen LogP contribution in [0, 0.1) is 18.6 Å². The zero-order valence-electron chi connectivity index (χ0n) is 12.6. The van der Waals surface area contributed by atoms with Gasteiger partial charge in [0.15, 0.2) is 0 Å². The van der Waals surface area contributed by atoms with Gasteiger partial charge in [0.05, 0.1) is 18.4 Å². The van der Waals surface area contributed by atoms with Crippen LogP contribution in [0.25, 0.3) is 0 Å². The second kappa shape index (κ2) is 6.86. The maximum atomic E-state index is 14.1. The Balaban J connectivity index is 2.51. The van der Waals surface area contributed by atoms with Crippen molar-refractivity contribution in [3.05, 3.63) is 57.6 Å². The Morgan fingerprint density at radius 2 is 1.83 bits per heavy atom. The Kier molecular flexibility index (Phi) is 5.24. The van der Waals surface area contributed by atoms with Gasteiger partial charge in [-0.25, -0.2) is 22.0 Å². The minimum atomic E-state index is -4.45. The summed E-state index contributed by atoms with van der Waals surface area (Å²) in [5.74, 6) is -2.75. The van der Waals surface area contributed by atoms with Crippen LogP contribution >= 0.6 is 15.9 Å². The fourth-order valence-electron chi connectivity index (χ4n) is 1.90. The van der Waals surface area contributed by atoms with Crippen LogP contribution in [-0.2, 0) is 14.8 Å². The van der Waals surface area contributed by atoms with Gasteiger partial charge in [-0.05, 0) is 52.7 Å². The maximum absolute atomic E-state index is 14.1. The predicted molar refractivity (Wildman–Crippen MR) is 87.4 cm³/mol. The van der Waals surface area contributed by atoms with Gasteiger partial charge in [-0.1, -0.05) is 6.07 Å². The molecular weight excluding hydrogens is 408 g/mol. The normalized spacial score (nSPS) is 11.2. The summed E-state index contributed by atoms with van der Waals surface area (Å²) in [5, 5.41) is 0. The van der Waals surface area contributed by atoms with E-state index in [4.69, 9.17) is 0 Å². The number of esters is 1. The van der Waals surface area contributed by atoms with Gasteiger partial charge < -0.3 is 4.74 Å². The fourth-order valence-corrected chi connectivity index (χ4v) is 3.54. The molecule has 0 bridgehead atoms. The number of methoxy groups -OCH3 is 1. The van der Waals surface area contributed by atoms with E-state index >= 15 is 0 Å². The first kappa shape index (κ1) is 18.3. The standard InChI is InChI=1S/C15H12BrF2NO4S/c1-8-3-4-13(11(17)5-8)19-24(21,22)14-6-9(15(20)23-2)10(16)7-12(14)18/h3-7,19H,1-2H3. The molecule has 5 nitrogen and oxygen atoms in total. The molecule has 24 heavy (non-hydrogen) atoms. The lowest BCUT2D eigenvalue weighted by molar-refractivity contribution is 0.0599. The molecule has 0 atom stereocenters. The third-order valence-corrected chi connectivity index (χ3v) is 5.12. The van der Waals surface area contributed by atoms with Crippen molar-refractivity contribution < 1.29 is 26.7 Å². The second-order valence-corrected chi connectivity index (χ2v) is 7.35.